The highest BCUT2D eigenvalue weighted by Crippen LogP contribution is 2.16. The fraction of sp³-hybridized carbons (Fsp3) is 0.545. The quantitative estimate of drug-likeness (QED) is 0.903. The Morgan fingerprint density at radius 3 is 2.82 bits per heavy atom. The van der Waals surface area contributed by atoms with Gasteiger partial charge in [0, 0.05) is 26.2 Å². The first-order valence-electron chi connectivity index (χ1n) is 5.66. The van der Waals surface area contributed by atoms with Gasteiger partial charge in [0.05, 0.1) is 6.54 Å². The highest BCUT2D eigenvalue weighted by atomic mass is 79.9. The second-order valence-corrected chi connectivity index (χ2v) is 4.94. The van der Waals surface area contributed by atoms with E-state index in [1.807, 2.05) is 12.1 Å². The molecule has 2 heterocycles. The molecular weight excluding hydrogens is 286 g/mol. The number of urea groups is 1. The minimum Gasteiger partial charge on any atom is -0.453 e. The predicted octanol–water partition coefficient (Wildman–Crippen LogP) is 1.63. The average Bonchev–Trinajstić information content (AvgIpc) is 2.54. The lowest BCUT2D eigenvalue weighted by molar-refractivity contribution is 0.205. The van der Waals surface area contributed by atoms with Crippen molar-refractivity contribution in [1.82, 2.24) is 9.80 Å². The molecule has 0 aliphatic carbocycles. The Morgan fingerprint density at radius 1 is 1.35 bits per heavy atom. The summed E-state index contributed by atoms with van der Waals surface area (Å²) in [6.07, 6.45) is 0.949. The van der Waals surface area contributed by atoms with Crippen LogP contribution in [-0.4, -0.2) is 42.0 Å². The van der Waals surface area contributed by atoms with Crippen LogP contribution in [0.4, 0.5) is 4.79 Å². The van der Waals surface area contributed by atoms with Crippen LogP contribution in [0.2, 0.25) is 0 Å². The Labute approximate surface area is 109 Å². The zero-order valence-electron chi connectivity index (χ0n) is 9.56. The van der Waals surface area contributed by atoms with Gasteiger partial charge in [0.15, 0.2) is 4.67 Å². The number of nitrogens with zero attached hydrogens (tertiary/aromatic N) is 2. The Kier molecular flexibility index (Phi) is 4.06. The summed E-state index contributed by atoms with van der Waals surface area (Å²) in [4.78, 5) is 15.0. The van der Waals surface area contributed by atoms with Gasteiger partial charge in [-0.25, -0.2) is 4.79 Å². The molecule has 1 fully saturated rings. The number of carbonyl (C=O) groups excluding carboxylic acids is 1. The van der Waals surface area contributed by atoms with Crippen LogP contribution < -0.4 is 5.73 Å². The van der Waals surface area contributed by atoms with Gasteiger partial charge < -0.3 is 15.1 Å². The SMILES string of the molecule is NC(=O)N1CCCN(Cc2ccc(Br)o2)CC1. The first-order valence-corrected chi connectivity index (χ1v) is 6.45. The molecule has 0 unspecified atom stereocenters. The zero-order valence-corrected chi connectivity index (χ0v) is 11.1. The van der Waals surface area contributed by atoms with Crippen LogP contribution >= 0.6 is 15.9 Å². The monoisotopic (exact) mass is 301 g/mol. The van der Waals surface area contributed by atoms with Gasteiger partial charge in [0.1, 0.15) is 5.76 Å². The number of carbonyl (C=O) groups is 1. The molecule has 5 nitrogen and oxygen atoms in total. The van der Waals surface area contributed by atoms with Crippen LogP contribution in [0.1, 0.15) is 12.2 Å². The van der Waals surface area contributed by atoms with Gasteiger partial charge in [0.25, 0.3) is 0 Å². The van der Waals surface area contributed by atoms with Crippen molar-refractivity contribution in [3.8, 4) is 0 Å². The van der Waals surface area contributed by atoms with Crippen molar-refractivity contribution >= 4 is 22.0 Å². The molecule has 1 aliphatic rings. The molecule has 6 heteroatoms. The summed E-state index contributed by atoms with van der Waals surface area (Å²) in [6.45, 7) is 4.01. The van der Waals surface area contributed by atoms with Crippen molar-refractivity contribution in [1.29, 1.82) is 0 Å². The van der Waals surface area contributed by atoms with Crippen molar-refractivity contribution < 1.29 is 9.21 Å². The average molecular weight is 302 g/mol. The van der Waals surface area contributed by atoms with Gasteiger partial charge in [-0.15, -0.1) is 0 Å². The molecule has 94 valence electrons. The maximum Gasteiger partial charge on any atom is 0.314 e. The number of nitrogens with two attached hydrogens (primary N) is 1. The van der Waals surface area contributed by atoms with E-state index in [0.29, 0.717) is 6.54 Å². The standard InChI is InChI=1S/C11H16BrN3O2/c12-10-3-2-9(17-10)8-14-4-1-5-15(7-6-14)11(13)16/h2-3H,1,4-8H2,(H2,13,16). The largest absolute Gasteiger partial charge is 0.453 e. The van der Waals surface area contributed by atoms with Crippen molar-refractivity contribution in [2.45, 2.75) is 13.0 Å². The molecule has 0 atom stereocenters. The van der Waals surface area contributed by atoms with Crippen molar-refractivity contribution in [2.24, 2.45) is 5.73 Å². The second kappa shape index (κ2) is 5.55. The minimum absolute atomic E-state index is 0.326. The molecule has 17 heavy (non-hydrogen) atoms. The lowest BCUT2D eigenvalue weighted by atomic mass is 10.3. The number of primary amides is 1. The van der Waals surface area contributed by atoms with Crippen LogP contribution in [0.25, 0.3) is 0 Å². The van der Waals surface area contributed by atoms with Gasteiger partial charge in [-0.2, -0.15) is 0 Å². The first kappa shape index (κ1) is 12.4. The summed E-state index contributed by atoms with van der Waals surface area (Å²) in [5.41, 5.74) is 5.28. The lowest BCUT2D eigenvalue weighted by Crippen LogP contribution is -2.38. The van der Waals surface area contributed by atoms with E-state index in [1.54, 1.807) is 4.90 Å². The molecule has 0 aromatic carbocycles. The fourth-order valence-corrected chi connectivity index (χ4v) is 2.35. The highest BCUT2D eigenvalue weighted by molar-refractivity contribution is 9.10. The molecular formula is C11H16BrN3O2. The zero-order chi connectivity index (χ0) is 12.3. The van der Waals surface area contributed by atoms with E-state index in [0.717, 1.165) is 43.0 Å². The van der Waals surface area contributed by atoms with Gasteiger partial charge in [-0.3, -0.25) is 4.90 Å². The molecule has 1 saturated heterocycles. The smallest absolute Gasteiger partial charge is 0.314 e. The van der Waals surface area contributed by atoms with E-state index in [9.17, 15) is 4.79 Å². The number of hydrogen-bond acceptors (Lipinski definition) is 3. The van der Waals surface area contributed by atoms with Crippen LogP contribution in [0, 0.1) is 0 Å². The molecule has 1 aromatic rings. The van der Waals surface area contributed by atoms with Crippen LogP contribution in [-0.2, 0) is 6.54 Å². The molecule has 0 bridgehead atoms. The Bertz CT molecular complexity index is 394. The van der Waals surface area contributed by atoms with Crippen molar-refractivity contribution in [2.75, 3.05) is 26.2 Å². The fourth-order valence-electron chi connectivity index (χ4n) is 2.01. The van der Waals surface area contributed by atoms with Crippen LogP contribution in [0.5, 0.6) is 0 Å². The third-order valence-electron chi connectivity index (χ3n) is 2.91. The molecule has 0 radical (unpaired) electrons. The van der Waals surface area contributed by atoms with E-state index in [1.165, 1.54) is 0 Å². The summed E-state index contributed by atoms with van der Waals surface area (Å²) >= 11 is 3.29. The van der Waals surface area contributed by atoms with E-state index < -0.39 is 0 Å². The number of rotatable bonds is 2. The number of furan rings is 1. The minimum atomic E-state index is -0.326. The maximum atomic E-state index is 11.1. The van der Waals surface area contributed by atoms with Gasteiger partial charge in [-0.1, -0.05) is 0 Å². The third-order valence-corrected chi connectivity index (χ3v) is 3.33. The Morgan fingerprint density at radius 2 is 2.18 bits per heavy atom. The predicted molar refractivity (Wildman–Crippen MR) is 67.5 cm³/mol. The second-order valence-electron chi connectivity index (χ2n) is 4.16. The van der Waals surface area contributed by atoms with Gasteiger partial charge >= 0.3 is 6.03 Å². The summed E-state index contributed by atoms with van der Waals surface area (Å²) in [6, 6.07) is 3.52. The van der Waals surface area contributed by atoms with Gasteiger partial charge in [-0.05, 0) is 34.5 Å². The molecule has 1 aliphatic heterocycles. The Hall–Kier alpha value is -1.01. The first-order chi connectivity index (χ1) is 8.15. The summed E-state index contributed by atoms with van der Waals surface area (Å²) in [7, 11) is 0. The molecule has 2 amide bonds. The Balaban J connectivity index is 1.88. The van der Waals surface area contributed by atoms with E-state index in [-0.39, 0.29) is 6.03 Å². The summed E-state index contributed by atoms with van der Waals surface area (Å²) in [5.74, 6) is 0.935. The molecule has 1 aromatic heterocycles. The molecule has 0 saturated carbocycles. The van der Waals surface area contributed by atoms with E-state index in [2.05, 4.69) is 20.8 Å². The summed E-state index contributed by atoms with van der Waals surface area (Å²) in [5, 5.41) is 0. The van der Waals surface area contributed by atoms with Gasteiger partial charge in [0.2, 0.25) is 0 Å². The third kappa shape index (κ3) is 3.47. The topological polar surface area (TPSA) is 62.7 Å². The van der Waals surface area contributed by atoms with E-state index >= 15 is 0 Å². The molecule has 0 spiro atoms. The molecule has 2 N–H and O–H groups in total. The van der Waals surface area contributed by atoms with Crippen LogP contribution in [0.3, 0.4) is 0 Å². The maximum absolute atomic E-state index is 11.1. The summed E-state index contributed by atoms with van der Waals surface area (Å²) < 4.78 is 6.22. The van der Waals surface area contributed by atoms with Crippen LogP contribution in [0.15, 0.2) is 21.2 Å². The highest BCUT2D eigenvalue weighted by Gasteiger charge is 2.17. The van der Waals surface area contributed by atoms with Crippen molar-refractivity contribution in [3.05, 3.63) is 22.6 Å². The lowest BCUT2D eigenvalue weighted by Gasteiger charge is -2.19. The number of halogens is 1. The number of amides is 2. The molecule has 2 rings (SSSR count). The normalized spacial score (nSPS) is 18.1. The van der Waals surface area contributed by atoms with Crippen molar-refractivity contribution in [3.63, 3.8) is 0 Å². The number of hydrogen-bond donors (Lipinski definition) is 1. The van der Waals surface area contributed by atoms with E-state index in [4.69, 9.17) is 10.2 Å².